The first kappa shape index (κ1) is 21.0. The minimum absolute atomic E-state index is 0.190. The van der Waals surface area contributed by atoms with Gasteiger partial charge in [-0.15, -0.1) is 0 Å². The molecule has 8 nitrogen and oxygen atoms in total. The zero-order chi connectivity index (χ0) is 20.3. The minimum Gasteiger partial charge on any atom is -0.427 e. The van der Waals surface area contributed by atoms with Crippen LogP contribution in [0.25, 0.3) is 0 Å². The van der Waals surface area contributed by atoms with Gasteiger partial charge in [0.2, 0.25) is 0 Å². The SMILES string of the molecule is Nc1c(C2CC2)ncnc1C1CC1.Nc1c(Cl)ncnc1Cl.OB(O)C1CC1. The van der Waals surface area contributed by atoms with Gasteiger partial charge in [0.05, 0.1) is 17.1 Å². The van der Waals surface area contributed by atoms with Crippen molar-refractivity contribution in [3.63, 3.8) is 0 Å². The van der Waals surface area contributed by atoms with Gasteiger partial charge < -0.3 is 21.5 Å². The highest BCUT2D eigenvalue weighted by molar-refractivity contribution is 6.44. The Hall–Kier alpha value is -1.68. The molecule has 0 radical (unpaired) electrons. The average molecular weight is 425 g/mol. The molecule has 3 aliphatic carbocycles. The van der Waals surface area contributed by atoms with Gasteiger partial charge in [0.1, 0.15) is 18.3 Å². The van der Waals surface area contributed by atoms with Gasteiger partial charge in [-0.1, -0.05) is 36.0 Å². The third-order valence-electron chi connectivity index (χ3n) is 4.70. The molecule has 0 unspecified atom stereocenters. The van der Waals surface area contributed by atoms with E-state index in [1.165, 1.54) is 32.0 Å². The molecule has 0 aliphatic heterocycles. The van der Waals surface area contributed by atoms with Crippen LogP contribution >= 0.6 is 23.2 Å². The van der Waals surface area contributed by atoms with Crippen LogP contribution in [0.1, 0.15) is 61.7 Å². The first-order valence-corrected chi connectivity index (χ1v) is 10.0. The van der Waals surface area contributed by atoms with Gasteiger partial charge in [-0.25, -0.2) is 19.9 Å². The monoisotopic (exact) mass is 424 g/mol. The summed E-state index contributed by atoms with van der Waals surface area (Å²) in [6, 6.07) is 0. The van der Waals surface area contributed by atoms with E-state index >= 15 is 0 Å². The van der Waals surface area contributed by atoms with Crippen LogP contribution in [0.5, 0.6) is 0 Å². The maximum Gasteiger partial charge on any atom is 0.454 e. The van der Waals surface area contributed by atoms with Crippen LogP contribution in [-0.2, 0) is 0 Å². The van der Waals surface area contributed by atoms with E-state index in [2.05, 4.69) is 19.9 Å². The van der Waals surface area contributed by atoms with E-state index in [-0.39, 0.29) is 21.8 Å². The largest absolute Gasteiger partial charge is 0.454 e. The maximum atomic E-state index is 8.25. The third kappa shape index (κ3) is 5.91. The van der Waals surface area contributed by atoms with Crippen molar-refractivity contribution < 1.29 is 10.0 Å². The molecular formula is C17H23BCl2N6O2. The number of nitrogens with zero attached hydrogens (tertiary/aromatic N) is 4. The predicted octanol–water partition coefficient (Wildman–Crippen LogP) is 2.80. The lowest BCUT2D eigenvalue weighted by Crippen LogP contribution is -2.09. The summed E-state index contributed by atoms with van der Waals surface area (Å²) in [6.07, 6.45) is 9.95. The van der Waals surface area contributed by atoms with Crippen LogP contribution in [0, 0.1) is 0 Å². The number of hydrogen-bond donors (Lipinski definition) is 4. The van der Waals surface area contributed by atoms with Crippen LogP contribution < -0.4 is 11.5 Å². The molecule has 11 heteroatoms. The minimum atomic E-state index is -1.04. The van der Waals surface area contributed by atoms with Crippen molar-refractivity contribution in [2.24, 2.45) is 0 Å². The summed E-state index contributed by atoms with van der Waals surface area (Å²) < 4.78 is 0. The quantitative estimate of drug-likeness (QED) is 0.434. The summed E-state index contributed by atoms with van der Waals surface area (Å²) in [7, 11) is -1.04. The summed E-state index contributed by atoms with van der Waals surface area (Å²) >= 11 is 10.9. The standard InChI is InChI=1S/C10H13N3.C4H3Cl2N3.C3H7BO2/c11-8-9(6-1-2-6)12-5-13-10(8)7-3-4-7;5-3-2(7)4(6)9-1-8-3;5-4(6)3-1-2-3/h5-7H,1-4,11H2;1H,7H2;3,5-6H,1-2H2. The number of hydrogen-bond acceptors (Lipinski definition) is 8. The predicted molar refractivity (Wildman–Crippen MR) is 110 cm³/mol. The van der Waals surface area contributed by atoms with E-state index in [0.717, 1.165) is 29.9 Å². The lowest BCUT2D eigenvalue weighted by molar-refractivity contribution is 0.403. The highest BCUT2D eigenvalue weighted by Gasteiger charge is 2.33. The molecule has 150 valence electrons. The van der Waals surface area contributed by atoms with Crippen molar-refractivity contribution >= 4 is 41.7 Å². The fourth-order valence-corrected chi connectivity index (χ4v) is 2.85. The summed E-state index contributed by atoms with van der Waals surface area (Å²) in [4.78, 5) is 15.7. The van der Waals surface area contributed by atoms with Gasteiger partial charge in [-0.2, -0.15) is 0 Å². The molecule has 0 spiro atoms. The molecule has 3 aliphatic rings. The van der Waals surface area contributed by atoms with E-state index < -0.39 is 7.12 Å². The highest BCUT2D eigenvalue weighted by atomic mass is 35.5. The van der Waals surface area contributed by atoms with Crippen molar-refractivity contribution in [2.45, 2.75) is 56.2 Å². The molecule has 0 aromatic carbocycles. The Morgan fingerprint density at radius 1 is 0.750 bits per heavy atom. The van der Waals surface area contributed by atoms with Gasteiger partial charge in [0.15, 0.2) is 10.3 Å². The molecule has 6 N–H and O–H groups in total. The highest BCUT2D eigenvalue weighted by Crippen LogP contribution is 2.46. The van der Waals surface area contributed by atoms with Crippen molar-refractivity contribution in [1.29, 1.82) is 0 Å². The Labute approximate surface area is 173 Å². The summed E-state index contributed by atoms with van der Waals surface area (Å²) in [6.45, 7) is 0. The number of anilines is 2. The van der Waals surface area contributed by atoms with Crippen molar-refractivity contribution in [3.8, 4) is 0 Å². The Kier molecular flexibility index (Phi) is 6.93. The lowest BCUT2D eigenvalue weighted by atomic mass is 9.84. The van der Waals surface area contributed by atoms with Crippen molar-refractivity contribution in [2.75, 3.05) is 11.5 Å². The van der Waals surface area contributed by atoms with E-state index in [0.29, 0.717) is 11.8 Å². The molecule has 2 heterocycles. The molecule has 5 rings (SSSR count). The van der Waals surface area contributed by atoms with Gasteiger partial charge in [-0.05, 0) is 31.5 Å². The summed E-state index contributed by atoms with van der Waals surface area (Å²) in [5.74, 6) is 1.49. The second kappa shape index (κ2) is 9.22. The normalized spacial score (nSPS) is 17.7. The number of nitrogens with two attached hydrogens (primary N) is 2. The fourth-order valence-electron chi connectivity index (χ4n) is 2.54. The molecule has 3 fully saturated rings. The number of nitrogen functional groups attached to an aromatic ring is 2. The first-order valence-electron chi connectivity index (χ1n) is 9.26. The molecule has 0 saturated heterocycles. The van der Waals surface area contributed by atoms with E-state index in [9.17, 15) is 0 Å². The zero-order valence-corrected chi connectivity index (χ0v) is 16.8. The molecule has 2 aromatic heterocycles. The Balaban J connectivity index is 0.000000131. The average Bonchev–Trinajstić information content (AvgIpc) is 3.49. The number of rotatable bonds is 3. The van der Waals surface area contributed by atoms with Gasteiger partial charge >= 0.3 is 7.12 Å². The van der Waals surface area contributed by atoms with Gasteiger partial charge in [0, 0.05) is 11.8 Å². The fraction of sp³-hybridized carbons (Fsp3) is 0.529. The second-order valence-electron chi connectivity index (χ2n) is 7.23. The molecule has 3 saturated carbocycles. The van der Waals surface area contributed by atoms with E-state index in [1.54, 1.807) is 6.33 Å². The van der Waals surface area contributed by atoms with E-state index in [4.69, 9.17) is 44.7 Å². The molecule has 0 atom stereocenters. The van der Waals surface area contributed by atoms with Gasteiger partial charge in [0.25, 0.3) is 0 Å². The maximum absolute atomic E-state index is 8.25. The van der Waals surface area contributed by atoms with E-state index in [1.807, 2.05) is 0 Å². The molecule has 0 amide bonds. The molecule has 0 bridgehead atoms. The van der Waals surface area contributed by atoms with Crippen LogP contribution in [0.15, 0.2) is 12.7 Å². The van der Waals surface area contributed by atoms with Crippen LogP contribution in [0.4, 0.5) is 11.4 Å². The van der Waals surface area contributed by atoms with Crippen molar-refractivity contribution in [1.82, 2.24) is 19.9 Å². The van der Waals surface area contributed by atoms with Crippen molar-refractivity contribution in [3.05, 3.63) is 34.3 Å². The molecule has 28 heavy (non-hydrogen) atoms. The lowest BCUT2D eigenvalue weighted by Gasteiger charge is -2.06. The molecule has 2 aromatic rings. The summed E-state index contributed by atoms with van der Waals surface area (Å²) in [5.41, 5.74) is 14.7. The second-order valence-corrected chi connectivity index (χ2v) is 7.94. The summed E-state index contributed by atoms with van der Waals surface area (Å²) in [5, 5.41) is 16.9. The Morgan fingerprint density at radius 3 is 1.46 bits per heavy atom. The first-order chi connectivity index (χ1) is 13.4. The number of halogens is 2. The van der Waals surface area contributed by atoms with Crippen LogP contribution in [0.3, 0.4) is 0 Å². The van der Waals surface area contributed by atoms with Gasteiger partial charge in [-0.3, -0.25) is 0 Å². The third-order valence-corrected chi connectivity index (χ3v) is 5.31. The molecular weight excluding hydrogens is 402 g/mol. The van der Waals surface area contributed by atoms with Crippen LogP contribution in [0.2, 0.25) is 16.1 Å². The Morgan fingerprint density at radius 2 is 1.18 bits per heavy atom. The van der Waals surface area contributed by atoms with Crippen LogP contribution in [-0.4, -0.2) is 37.1 Å². The smallest absolute Gasteiger partial charge is 0.427 e. The topological polar surface area (TPSA) is 144 Å². The zero-order valence-electron chi connectivity index (χ0n) is 15.3. The number of aromatic nitrogens is 4. The Bertz CT molecular complexity index is 766.